The summed E-state index contributed by atoms with van der Waals surface area (Å²) in [6.45, 7) is 0.288. The minimum Gasteiger partial charge on any atom is -0.452 e. The quantitative estimate of drug-likeness (QED) is 0.358. The second-order valence-corrected chi connectivity index (χ2v) is 12.6. The summed E-state index contributed by atoms with van der Waals surface area (Å²) in [4.78, 5) is 37.3. The van der Waals surface area contributed by atoms with E-state index in [4.69, 9.17) is 4.74 Å². The standard InChI is InChI=1S/C26H22N2O8S2/c29-24(27-18-8-10-19(11-9-18)38(34,35)28-13-3-4-14-28)16-36-26(31)17-7-12-21-23(15-17)37(32,33)22-6-2-1-5-20(22)25(21)30/h1-2,5-12,15H,3-4,13-14,16H2,(H,27,29). The lowest BCUT2D eigenvalue weighted by molar-refractivity contribution is -0.119. The number of esters is 1. The monoisotopic (exact) mass is 554 g/mol. The molecule has 0 bridgehead atoms. The van der Waals surface area contributed by atoms with Crippen LogP contribution in [0.1, 0.15) is 39.1 Å². The lowest BCUT2D eigenvalue weighted by atomic mass is 10.0. The Morgan fingerprint density at radius 1 is 0.895 bits per heavy atom. The molecule has 1 amide bonds. The topological polar surface area (TPSA) is 144 Å². The van der Waals surface area contributed by atoms with Crippen molar-refractivity contribution in [3.8, 4) is 0 Å². The van der Waals surface area contributed by atoms with Crippen LogP contribution in [-0.4, -0.2) is 58.5 Å². The Morgan fingerprint density at radius 2 is 1.55 bits per heavy atom. The number of nitrogens with one attached hydrogen (secondary N) is 1. The van der Waals surface area contributed by atoms with Crippen molar-refractivity contribution in [1.82, 2.24) is 4.31 Å². The summed E-state index contributed by atoms with van der Waals surface area (Å²) in [5.74, 6) is -2.09. The van der Waals surface area contributed by atoms with Gasteiger partial charge in [-0.25, -0.2) is 21.6 Å². The van der Waals surface area contributed by atoms with Crippen LogP contribution in [0.4, 0.5) is 5.69 Å². The van der Waals surface area contributed by atoms with E-state index in [1.165, 1.54) is 58.9 Å². The number of anilines is 1. The number of carbonyl (C=O) groups is 3. The van der Waals surface area contributed by atoms with Crippen molar-refractivity contribution in [2.45, 2.75) is 27.5 Å². The van der Waals surface area contributed by atoms with Gasteiger partial charge in [-0.15, -0.1) is 0 Å². The van der Waals surface area contributed by atoms with Crippen molar-refractivity contribution in [3.63, 3.8) is 0 Å². The lowest BCUT2D eigenvalue weighted by Gasteiger charge is -2.19. The Labute approximate surface area is 219 Å². The molecule has 12 heteroatoms. The Hall–Kier alpha value is -3.87. The first-order chi connectivity index (χ1) is 18.1. The molecule has 3 aromatic carbocycles. The van der Waals surface area contributed by atoms with Crippen molar-refractivity contribution in [3.05, 3.63) is 83.4 Å². The highest BCUT2D eigenvalue weighted by atomic mass is 32.2. The molecule has 10 nitrogen and oxygen atoms in total. The molecule has 0 aromatic heterocycles. The fourth-order valence-electron chi connectivity index (χ4n) is 4.41. The molecule has 0 saturated carbocycles. The van der Waals surface area contributed by atoms with E-state index in [0.717, 1.165) is 18.9 Å². The molecule has 1 fully saturated rings. The van der Waals surface area contributed by atoms with Gasteiger partial charge in [0.1, 0.15) is 0 Å². The summed E-state index contributed by atoms with van der Waals surface area (Å²) in [6, 6.07) is 15.1. The van der Waals surface area contributed by atoms with Crippen molar-refractivity contribution in [2.24, 2.45) is 0 Å². The molecule has 38 heavy (non-hydrogen) atoms. The number of hydrogen-bond donors (Lipinski definition) is 1. The van der Waals surface area contributed by atoms with Gasteiger partial charge in [-0.3, -0.25) is 9.59 Å². The zero-order chi connectivity index (χ0) is 27.1. The van der Waals surface area contributed by atoms with E-state index in [1.54, 1.807) is 6.07 Å². The first-order valence-corrected chi connectivity index (χ1v) is 14.6. The molecule has 1 saturated heterocycles. The largest absolute Gasteiger partial charge is 0.452 e. The number of ether oxygens (including phenoxy) is 1. The molecule has 0 spiro atoms. The molecule has 0 aliphatic carbocycles. The van der Waals surface area contributed by atoms with Crippen LogP contribution in [0.15, 0.2) is 81.4 Å². The van der Waals surface area contributed by atoms with Gasteiger partial charge in [0.15, 0.2) is 12.4 Å². The fourth-order valence-corrected chi connectivity index (χ4v) is 7.60. The molecular weight excluding hydrogens is 532 g/mol. The van der Waals surface area contributed by atoms with Crippen molar-refractivity contribution < 1.29 is 36.0 Å². The summed E-state index contributed by atoms with van der Waals surface area (Å²) in [5, 5.41) is 2.51. The molecule has 0 radical (unpaired) electrons. The Morgan fingerprint density at radius 3 is 2.26 bits per heavy atom. The molecule has 0 atom stereocenters. The number of sulfonamides is 1. The van der Waals surface area contributed by atoms with Gasteiger partial charge in [-0.2, -0.15) is 4.31 Å². The number of carbonyl (C=O) groups excluding carboxylic acids is 3. The molecule has 3 aromatic rings. The Balaban J connectivity index is 1.24. The van der Waals surface area contributed by atoms with Crippen molar-refractivity contribution in [1.29, 1.82) is 0 Å². The van der Waals surface area contributed by atoms with E-state index in [-0.39, 0.29) is 31.4 Å². The maximum Gasteiger partial charge on any atom is 0.338 e. The Bertz CT molecular complexity index is 1670. The number of sulfone groups is 1. The minimum atomic E-state index is -4.04. The summed E-state index contributed by atoms with van der Waals surface area (Å²) >= 11 is 0. The maximum absolute atomic E-state index is 13.0. The number of rotatable bonds is 6. The molecule has 2 aliphatic rings. The average molecular weight is 555 g/mol. The predicted molar refractivity (Wildman–Crippen MR) is 135 cm³/mol. The number of benzene rings is 3. The van der Waals surface area contributed by atoms with Crippen LogP contribution < -0.4 is 5.32 Å². The van der Waals surface area contributed by atoms with Crippen LogP contribution in [0.5, 0.6) is 0 Å². The number of nitrogens with zero attached hydrogens (tertiary/aromatic N) is 1. The van der Waals surface area contributed by atoms with Gasteiger partial charge >= 0.3 is 5.97 Å². The van der Waals surface area contributed by atoms with Gasteiger partial charge in [0.05, 0.1) is 20.2 Å². The maximum atomic E-state index is 13.0. The van der Waals surface area contributed by atoms with Crippen LogP contribution in [0, 0.1) is 0 Å². The minimum absolute atomic E-state index is 0.0480. The number of hydrogen-bond acceptors (Lipinski definition) is 8. The van der Waals surface area contributed by atoms with Crippen LogP contribution in [0.2, 0.25) is 0 Å². The number of fused-ring (bicyclic) bond motifs is 2. The van der Waals surface area contributed by atoms with Crippen LogP contribution in [-0.2, 0) is 29.4 Å². The molecule has 0 unspecified atom stereocenters. The van der Waals surface area contributed by atoms with Crippen molar-refractivity contribution >= 4 is 43.2 Å². The van der Waals surface area contributed by atoms with Gasteiger partial charge in [-0.1, -0.05) is 12.1 Å². The second-order valence-electron chi connectivity index (χ2n) is 8.80. The van der Waals surface area contributed by atoms with E-state index in [1.807, 2.05) is 0 Å². The molecule has 1 N–H and O–H groups in total. The van der Waals surface area contributed by atoms with Gasteiger partial charge in [0, 0.05) is 29.9 Å². The van der Waals surface area contributed by atoms with E-state index in [9.17, 15) is 31.2 Å². The zero-order valence-electron chi connectivity index (χ0n) is 19.9. The van der Waals surface area contributed by atoms with E-state index in [0.29, 0.717) is 18.8 Å². The molecule has 2 heterocycles. The lowest BCUT2D eigenvalue weighted by Crippen LogP contribution is -2.27. The average Bonchev–Trinajstić information content (AvgIpc) is 3.47. The number of amides is 1. The highest BCUT2D eigenvalue weighted by molar-refractivity contribution is 7.91. The Kier molecular flexibility index (Phi) is 6.63. The summed E-state index contributed by atoms with van der Waals surface area (Å²) in [6.07, 6.45) is 1.64. The third-order valence-corrected chi connectivity index (χ3v) is 10.1. The first-order valence-electron chi connectivity index (χ1n) is 11.7. The normalized spacial score (nSPS) is 16.4. The van der Waals surface area contributed by atoms with Crippen LogP contribution in [0.25, 0.3) is 0 Å². The van der Waals surface area contributed by atoms with Gasteiger partial charge in [0.25, 0.3) is 5.91 Å². The van der Waals surface area contributed by atoms with Gasteiger partial charge < -0.3 is 10.1 Å². The fraction of sp³-hybridized carbons (Fsp3) is 0.192. The first kappa shape index (κ1) is 25.8. The second kappa shape index (κ2) is 9.78. The van der Waals surface area contributed by atoms with Gasteiger partial charge in [0.2, 0.25) is 19.9 Å². The zero-order valence-corrected chi connectivity index (χ0v) is 21.5. The molecule has 5 rings (SSSR count). The number of ketones is 1. The predicted octanol–water partition coefficient (Wildman–Crippen LogP) is 2.64. The van der Waals surface area contributed by atoms with Crippen LogP contribution >= 0.6 is 0 Å². The summed E-state index contributed by atoms with van der Waals surface area (Å²) in [5.41, 5.74) is 0.189. The van der Waals surface area contributed by atoms with Gasteiger partial charge in [-0.05, 0) is 67.4 Å². The summed E-state index contributed by atoms with van der Waals surface area (Å²) < 4.78 is 57.7. The van der Waals surface area contributed by atoms with Crippen molar-refractivity contribution in [2.75, 3.05) is 25.0 Å². The highest BCUT2D eigenvalue weighted by Crippen LogP contribution is 2.34. The molecule has 196 valence electrons. The third-order valence-electron chi connectivity index (χ3n) is 6.35. The van der Waals surface area contributed by atoms with E-state index < -0.39 is 44.1 Å². The molecule has 2 aliphatic heterocycles. The van der Waals surface area contributed by atoms with Crippen LogP contribution in [0.3, 0.4) is 0 Å². The highest BCUT2D eigenvalue weighted by Gasteiger charge is 2.35. The molecular formula is C26H22N2O8S2. The smallest absolute Gasteiger partial charge is 0.338 e. The third kappa shape index (κ3) is 4.62. The van der Waals surface area contributed by atoms with E-state index >= 15 is 0 Å². The van der Waals surface area contributed by atoms with E-state index in [2.05, 4.69) is 5.32 Å². The summed E-state index contributed by atoms with van der Waals surface area (Å²) in [7, 11) is -7.62. The SMILES string of the molecule is O=C(COC(=O)c1ccc2c(c1)S(=O)(=O)c1ccccc1C2=O)Nc1ccc(S(=O)(=O)N2CCCC2)cc1.